The molecule has 4 nitrogen and oxygen atoms in total. The van der Waals surface area contributed by atoms with E-state index < -0.39 is 0 Å². The highest BCUT2D eigenvalue weighted by molar-refractivity contribution is 5.80. The summed E-state index contributed by atoms with van der Waals surface area (Å²) in [5.74, 6) is 2.32. The lowest BCUT2D eigenvalue weighted by atomic mass is 9.86. The van der Waals surface area contributed by atoms with E-state index in [2.05, 4.69) is 28.4 Å². The molecule has 3 aliphatic heterocycles. The van der Waals surface area contributed by atoms with Gasteiger partial charge >= 0.3 is 0 Å². The molecule has 0 radical (unpaired) electrons. The highest BCUT2D eigenvalue weighted by Gasteiger charge is 2.43. The molecule has 25 heavy (non-hydrogen) atoms. The number of benzene rings is 2. The summed E-state index contributed by atoms with van der Waals surface area (Å²) in [6.07, 6.45) is 2.41. The first-order chi connectivity index (χ1) is 12.3. The van der Waals surface area contributed by atoms with Crippen LogP contribution in [-0.4, -0.2) is 39.9 Å². The van der Waals surface area contributed by atoms with E-state index >= 15 is 0 Å². The van der Waals surface area contributed by atoms with Crippen LogP contribution in [0.5, 0.6) is 11.5 Å². The minimum atomic E-state index is 0.618. The summed E-state index contributed by atoms with van der Waals surface area (Å²) in [5, 5.41) is 3.59. The van der Waals surface area contributed by atoms with Crippen LogP contribution in [0.25, 0.3) is 11.1 Å². The lowest BCUT2D eigenvalue weighted by Crippen LogP contribution is -2.43. The number of fused-ring (bicyclic) bond motifs is 3. The summed E-state index contributed by atoms with van der Waals surface area (Å²) < 4.78 is 11.0. The number of methoxy groups -OCH3 is 2. The summed E-state index contributed by atoms with van der Waals surface area (Å²) in [6, 6.07) is 11.6. The first kappa shape index (κ1) is 15.1. The lowest BCUT2D eigenvalue weighted by molar-refractivity contribution is 0.395. The van der Waals surface area contributed by atoms with Crippen molar-refractivity contribution in [3.05, 3.63) is 41.5 Å². The number of ether oxygens (including phenoxy) is 2. The van der Waals surface area contributed by atoms with E-state index in [9.17, 15) is 0 Å². The molecule has 1 saturated heterocycles. The van der Waals surface area contributed by atoms with Gasteiger partial charge in [-0.05, 0) is 60.3 Å². The molecule has 2 atom stereocenters. The Hall–Kier alpha value is -2.20. The zero-order valence-electron chi connectivity index (χ0n) is 14.8. The average Bonchev–Trinajstić information content (AvgIpc) is 3.24. The van der Waals surface area contributed by atoms with Crippen molar-refractivity contribution < 1.29 is 9.47 Å². The van der Waals surface area contributed by atoms with Crippen molar-refractivity contribution >= 4 is 5.69 Å². The summed E-state index contributed by atoms with van der Waals surface area (Å²) >= 11 is 0. The first-order valence-electron chi connectivity index (χ1n) is 9.16. The van der Waals surface area contributed by atoms with Crippen molar-refractivity contribution in [3.8, 4) is 22.6 Å². The smallest absolute Gasteiger partial charge is 0.130 e. The van der Waals surface area contributed by atoms with Gasteiger partial charge in [0, 0.05) is 42.4 Å². The third-order valence-corrected chi connectivity index (χ3v) is 6.09. The Morgan fingerprint density at radius 2 is 2.04 bits per heavy atom. The van der Waals surface area contributed by atoms with Crippen molar-refractivity contribution in [2.45, 2.75) is 24.8 Å². The molecule has 130 valence electrons. The standard InChI is InChI=1S/C21H24N2O2/c1-24-15-3-4-16(20(11-15)25-2)14-9-13-6-8-23-19-5-7-22-12-18(19)17(10-14)21(13)23/h3-4,9-11,18-19,22H,5-8,12H2,1-2H3/t18-,19-/m1/s1. The maximum atomic E-state index is 5.65. The molecule has 0 aromatic heterocycles. The fourth-order valence-corrected chi connectivity index (χ4v) is 4.95. The van der Waals surface area contributed by atoms with Crippen molar-refractivity contribution in [1.82, 2.24) is 5.32 Å². The van der Waals surface area contributed by atoms with Gasteiger partial charge in [0.25, 0.3) is 0 Å². The molecule has 0 aliphatic carbocycles. The SMILES string of the molecule is COc1ccc(-c2cc3c4c(c2)[C@H]2CNCC[C@H]2N4CC3)c(OC)c1. The van der Waals surface area contributed by atoms with Crippen LogP contribution in [-0.2, 0) is 6.42 Å². The molecule has 0 unspecified atom stereocenters. The number of hydrogen-bond donors (Lipinski definition) is 1. The van der Waals surface area contributed by atoms with E-state index in [4.69, 9.17) is 9.47 Å². The Bertz CT molecular complexity index is 833. The van der Waals surface area contributed by atoms with Gasteiger partial charge in [0.15, 0.2) is 0 Å². The van der Waals surface area contributed by atoms with Crippen LogP contribution in [0, 0.1) is 0 Å². The molecule has 0 spiro atoms. The lowest BCUT2D eigenvalue weighted by Gasteiger charge is -2.32. The highest BCUT2D eigenvalue weighted by atomic mass is 16.5. The normalized spacial score (nSPS) is 23.4. The van der Waals surface area contributed by atoms with E-state index in [1.54, 1.807) is 14.2 Å². The monoisotopic (exact) mass is 336 g/mol. The fourth-order valence-electron chi connectivity index (χ4n) is 4.95. The van der Waals surface area contributed by atoms with Crippen molar-refractivity contribution in [2.24, 2.45) is 0 Å². The minimum Gasteiger partial charge on any atom is -0.497 e. The van der Waals surface area contributed by atoms with E-state index in [1.165, 1.54) is 35.3 Å². The number of nitrogens with zero attached hydrogens (tertiary/aromatic N) is 1. The summed E-state index contributed by atoms with van der Waals surface area (Å²) in [6.45, 7) is 3.41. The second-order valence-electron chi connectivity index (χ2n) is 7.25. The summed E-state index contributed by atoms with van der Waals surface area (Å²) in [7, 11) is 3.42. The third-order valence-electron chi connectivity index (χ3n) is 6.09. The molecule has 2 aromatic rings. The van der Waals surface area contributed by atoms with Gasteiger partial charge in [-0.2, -0.15) is 0 Å². The van der Waals surface area contributed by atoms with Gasteiger partial charge in [0.05, 0.1) is 14.2 Å². The van der Waals surface area contributed by atoms with Crippen LogP contribution in [0.1, 0.15) is 23.5 Å². The topological polar surface area (TPSA) is 33.7 Å². The van der Waals surface area contributed by atoms with Crippen LogP contribution in [0.2, 0.25) is 0 Å². The molecule has 2 aromatic carbocycles. The molecule has 0 amide bonds. The molecule has 1 fully saturated rings. The maximum absolute atomic E-state index is 5.65. The van der Waals surface area contributed by atoms with Crippen LogP contribution >= 0.6 is 0 Å². The van der Waals surface area contributed by atoms with Crippen LogP contribution < -0.4 is 19.7 Å². The second-order valence-corrected chi connectivity index (χ2v) is 7.25. The molecule has 3 aliphatic rings. The Kier molecular flexibility index (Phi) is 3.42. The summed E-state index contributed by atoms with van der Waals surface area (Å²) in [5.41, 5.74) is 6.96. The van der Waals surface area contributed by atoms with E-state index in [-0.39, 0.29) is 0 Å². The molecule has 5 rings (SSSR count). The zero-order chi connectivity index (χ0) is 17.0. The maximum Gasteiger partial charge on any atom is 0.130 e. The highest BCUT2D eigenvalue weighted by Crippen LogP contribution is 2.50. The van der Waals surface area contributed by atoms with Crippen LogP contribution in [0.4, 0.5) is 5.69 Å². The van der Waals surface area contributed by atoms with Crippen LogP contribution in [0.15, 0.2) is 30.3 Å². The van der Waals surface area contributed by atoms with Crippen molar-refractivity contribution in [3.63, 3.8) is 0 Å². The predicted octanol–water partition coefficient (Wildman–Crippen LogP) is 3.19. The molecule has 0 saturated carbocycles. The number of rotatable bonds is 3. The molecule has 1 N–H and O–H groups in total. The van der Waals surface area contributed by atoms with E-state index in [0.29, 0.717) is 12.0 Å². The van der Waals surface area contributed by atoms with Gasteiger partial charge in [0.1, 0.15) is 11.5 Å². The first-order valence-corrected chi connectivity index (χ1v) is 9.16. The Morgan fingerprint density at radius 1 is 1.12 bits per heavy atom. The van der Waals surface area contributed by atoms with Crippen molar-refractivity contribution in [2.75, 3.05) is 38.8 Å². The van der Waals surface area contributed by atoms with Crippen molar-refractivity contribution in [1.29, 1.82) is 0 Å². The molecule has 3 heterocycles. The Balaban J connectivity index is 1.64. The van der Waals surface area contributed by atoms with Gasteiger partial charge in [0.2, 0.25) is 0 Å². The fraction of sp³-hybridized carbons (Fsp3) is 0.429. The number of nitrogens with one attached hydrogen (secondary N) is 1. The second kappa shape index (κ2) is 5.67. The Morgan fingerprint density at radius 3 is 2.88 bits per heavy atom. The molecule has 0 bridgehead atoms. The largest absolute Gasteiger partial charge is 0.497 e. The minimum absolute atomic E-state index is 0.618. The Labute approximate surface area is 148 Å². The molecule has 4 heteroatoms. The van der Waals surface area contributed by atoms with E-state index in [1.807, 2.05) is 12.1 Å². The van der Waals surface area contributed by atoms with Gasteiger partial charge in [-0.15, -0.1) is 0 Å². The van der Waals surface area contributed by atoms with Gasteiger partial charge in [-0.1, -0.05) is 0 Å². The summed E-state index contributed by atoms with van der Waals surface area (Å²) in [4.78, 5) is 2.67. The molecular weight excluding hydrogens is 312 g/mol. The van der Waals surface area contributed by atoms with E-state index in [0.717, 1.165) is 36.6 Å². The number of anilines is 1. The number of hydrogen-bond acceptors (Lipinski definition) is 4. The van der Waals surface area contributed by atoms with Gasteiger partial charge < -0.3 is 19.7 Å². The zero-order valence-corrected chi connectivity index (χ0v) is 14.8. The predicted molar refractivity (Wildman–Crippen MR) is 100 cm³/mol. The van der Waals surface area contributed by atoms with Gasteiger partial charge in [-0.3, -0.25) is 0 Å². The average molecular weight is 336 g/mol. The number of piperidine rings is 1. The van der Waals surface area contributed by atoms with Gasteiger partial charge in [-0.25, -0.2) is 0 Å². The van der Waals surface area contributed by atoms with Crippen LogP contribution in [0.3, 0.4) is 0 Å². The quantitative estimate of drug-likeness (QED) is 0.933. The third kappa shape index (κ3) is 2.17. The molecular formula is C21H24N2O2.